The third-order valence-corrected chi connectivity index (χ3v) is 3.55. The van der Waals surface area contributed by atoms with Crippen LogP contribution in [0.1, 0.15) is 30.1 Å². The summed E-state index contributed by atoms with van der Waals surface area (Å²) in [5.74, 6) is -2.09. The number of hydrogen-bond acceptors (Lipinski definition) is 4. The first-order valence-electron chi connectivity index (χ1n) is 6.83. The number of aromatic carboxylic acids is 1. The zero-order valence-corrected chi connectivity index (χ0v) is 11.5. The lowest BCUT2D eigenvalue weighted by Gasteiger charge is -2.20. The number of carboxylic acids is 1. The Morgan fingerprint density at radius 3 is 2.80 bits per heavy atom. The van der Waals surface area contributed by atoms with E-state index in [0.717, 1.165) is 25.2 Å². The van der Waals surface area contributed by atoms with E-state index in [-0.39, 0.29) is 5.69 Å². The lowest BCUT2D eigenvalue weighted by Crippen LogP contribution is -2.31. The molecule has 1 aromatic rings. The molecular weight excluding hydrogens is 261 g/mol. The van der Waals surface area contributed by atoms with Crippen LogP contribution in [-0.4, -0.2) is 41.7 Å². The number of nitrogen functional groups attached to an aromatic ring is 1. The van der Waals surface area contributed by atoms with Gasteiger partial charge >= 0.3 is 5.97 Å². The molecule has 110 valence electrons. The highest BCUT2D eigenvalue weighted by Gasteiger charge is 2.27. The molecule has 1 aliphatic rings. The fourth-order valence-corrected chi connectivity index (χ4v) is 2.28. The Morgan fingerprint density at radius 1 is 1.55 bits per heavy atom. The van der Waals surface area contributed by atoms with E-state index in [4.69, 9.17) is 10.8 Å². The second-order valence-electron chi connectivity index (χ2n) is 5.01. The highest BCUT2D eigenvalue weighted by atomic mass is 19.1. The minimum atomic E-state index is -1.31. The number of likely N-dealkylation sites (N-methyl/N-ethyl adjacent to an activating group) is 1. The predicted octanol–water partition coefficient (Wildman–Crippen LogP) is 2.00. The summed E-state index contributed by atoms with van der Waals surface area (Å²) in [5, 5.41) is 11.9. The second kappa shape index (κ2) is 6.09. The van der Waals surface area contributed by atoms with Gasteiger partial charge in [0.2, 0.25) is 0 Å². The Labute approximate surface area is 117 Å². The van der Waals surface area contributed by atoms with Crippen molar-refractivity contribution in [3.8, 4) is 0 Å². The summed E-state index contributed by atoms with van der Waals surface area (Å²) in [6, 6.07) is 2.98. The molecule has 0 spiro atoms. The number of halogens is 1. The van der Waals surface area contributed by atoms with E-state index in [1.807, 2.05) is 0 Å². The van der Waals surface area contributed by atoms with E-state index < -0.39 is 17.3 Å². The molecule has 20 heavy (non-hydrogen) atoms. The maximum absolute atomic E-state index is 13.6. The number of carboxylic acid groups (broad SMARTS) is 1. The van der Waals surface area contributed by atoms with Crippen molar-refractivity contribution in [2.45, 2.75) is 25.8 Å². The van der Waals surface area contributed by atoms with Gasteiger partial charge in [0.1, 0.15) is 5.82 Å². The first-order valence-corrected chi connectivity index (χ1v) is 6.83. The molecule has 0 amide bonds. The number of nitrogens with two attached hydrogens (primary N) is 1. The SMILES string of the molecule is CCN(CCNc1cc(F)c(C(=O)O)cc1N)C1CC1. The maximum atomic E-state index is 13.6. The molecule has 0 atom stereocenters. The van der Waals surface area contributed by atoms with Gasteiger partial charge in [0, 0.05) is 19.1 Å². The number of rotatable bonds is 7. The fourth-order valence-electron chi connectivity index (χ4n) is 2.28. The summed E-state index contributed by atoms with van der Waals surface area (Å²) in [5.41, 5.74) is 6.03. The van der Waals surface area contributed by atoms with Gasteiger partial charge in [0.05, 0.1) is 16.9 Å². The van der Waals surface area contributed by atoms with Gasteiger partial charge in [-0.2, -0.15) is 0 Å². The largest absolute Gasteiger partial charge is 0.478 e. The van der Waals surface area contributed by atoms with Gasteiger partial charge in [-0.3, -0.25) is 4.90 Å². The van der Waals surface area contributed by atoms with Gasteiger partial charge in [-0.05, 0) is 31.5 Å². The van der Waals surface area contributed by atoms with Crippen LogP contribution in [0.3, 0.4) is 0 Å². The van der Waals surface area contributed by atoms with Gasteiger partial charge in [-0.1, -0.05) is 6.92 Å². The maximum Gasteiger partial charge on any atom is 0.338 e. The van der Waals surface area contributed by atoms with Crippen molar-refractivity contribution in [1.29, 1.82) is 0 Å². The van der Waals surface area contributed by atoms with Crippen LogP contribution in [0.25, 0.3) is 0 Å². The third kappa shape index (κ3) is 3.39. The van der Waals surface area contributed by atoms with E-state index >= 15 is 0 Å². The van der Waals surface area contributed by atoms with Gasteiger partial charge in [-0.25, -0.2) is 9.18 Å². The Bertz CT molecular complexity index is 503. The normalized spacial score (nSPS) is 14.6. The van der Waals surface area contributed by atoms with E-state index in [1.165, 1.54) is 12.8 Å². The first kappa shape index (κ1) is 14.6. The number of anilines is 2. The molecule has 1 aromatic carbocycles. The molecule has 1 aliphatic carbocycles. The zero-order valence-electron chi connectivity index (χ0n) is 11.5. The standard InChI is InChI=1S/C14H20FN3O2/c1-2-18(9-3-4-9)6-5-17-13-8-11(15)10(14(19)20)7-12(13)16/h7-9,17H,2-6,16H2,1H3,(H,19,20). The van der Waals surface area contributed by atoms with E-state index in [0.29, 0.717) is 18.3 Å². The molecule has 4 N–H and O–H groups in total. The van der Waals surface area contributed by atoms with Gasteiger partial charge in [-0.15, -0.1) is 0 Å². The first-order chi connectivity index (χ1) is 9.52. The molecule has 1 fully saturated rings. The summed E-state index contributed by atoms with van der Waals surface area (Å²) in [7, 11) is 0. The lowest BCUT2D eigenvalue weighted by atomic mass is 10.1. The number of hydrogen-bond donors (Lipinski definition) is 3. The topological polar surface area (TPSA) is 78.6 Å². The Morgan fingerprint density at radius 2 is 2.25 bits per heavy atom. The number of benzene rings is 1. The Hall–Kier alpha value is -1.82. The molecule has 5 nitrogen and oxygen atoms in total. The van der Waals surface area contributed by atoms with Crippen LogP contribution in [0.4, 0.5) is 15.8 Å². The number of carbonyl (C=O) groups is 1. The lowest BCUT2D eigenvalue weighted by molar-refractivity contribution is 0.0692. The Balaban J connectivity index is 1.95. The molecule has 0 bridgehead atoms. The summed E-state index contributed by atoms with van der Waals surface area (Å²) in [6.07, 6.45) is 2.50. The van der Waals surface area contributed by atoms with Crippen LogP contribution in [-0.2, 0) is 0 Å². The average Bonchev–Trinajstić information content (AvgIpc) is 3.22. The molecule has 0 radical (unpaired) electrons. The third-order valence-electron chi connectivity index (χ3n) is 3.55. The monoisotopic (exact) mass is 281 g/mol. The van der Waals surface area contributed by atoms with E-state index in [1.54, 1.807) is 0 Å². The van der Waals surface area contributed by atoms with Crippen molar-refractivity contribution in [2.24, 2.45) is 0 Å². The molecule has 6 heteroatoms. The smallest absolute Gasteiger partial charge is 0.338 e. The van der Waals surface area contributed by atoms with Gasteiger partial charge in [0.25, 0.3) is 0 Å². The van der Waals surface area contributed by atoms with Crippen LogP contribution >= 0.6 is 0 Å². The van der Waals surface area contributed by atoms with Crippen molar-refractivity contribution < 1.29 is 14.3 Å². The number of nitrogens with zero attached hydrogens (tertiary/aromatic N) is 1. The predicted molar refractivity (Wildman–Crippen MR) is 76.5 cm³/mol. The molecule has 0 saturated heterocycles. The molecule has 1 saturated carbocycles. The van der Waals surface area contributed by atoms with Gasteiger partial charge in [0.15, 0.2) is 0 Å². The summed E-state index contributed by atoms with van der Waals surface area (Å²) in [6.45, 7) is 4.63. The van der Waals surface area contributed by atoms with Crippen molar-refractivity contribution in [1.82, 2.24) is 4.90 Å². The minimum absolute atomic E-state index is 0.248. The van der Waals surface area contributed by atoms with Gasteiger partial charge < -0.3 is 16.2 Å². The molecule has 0 aromatic heterocycles. The minimum Gasteiger partial charge on any atom is -0.478 e. The molecule has 2 rings (SSSR count). The number of nitrogens with one attached hydrogen (secondary N) is 1. The van der Waals surface area contributed by atoms with Crippen molar-refractivity contribution in [3.63, 3.8) is 0 Å². The average molecular weight is 281 g/mol. The van der Waals surface area contributed by atoms with E-state index in [2.05, 4.69) is 17.1 Å². The summed E-state index contributed by atoms with van der Waals surface area (Å²) >= 11 is 0. The van der Waals surface area contributed by atoms with Crippen LogP contribution < -0.4 is 11.1 Å². The quantitative estimate of drug-likeness (QED) is 0.666. The molecule has 0 unspecified atom stereocenters. The highest BCUT2D eigenvalue weighted by molar-refractivity contribution is 5.90. The summed E-state index contributed by atoms with van der Waals surface area (Å²) < 4.78 is 13.6. The van der Waals surface area contributed by atoms with Crippen LogP contribution in [0.15, 0.2) is 12.1 Å². The second-order valence-corrected chi connectivity index (χ2v) is 5.01. The molecular formula is C14H20FN3O2. The summed E-state index contributed by atoms with van der Waals surface area (Å²) in [4.78, 5) is 13.2. The van der Waals surface area contributed by atoms with Crippen LogP contribution in [0.2, 0.25) is 0 Å². The van der Waals surface area contributed by atoms with Crippen molar-refractivity contribution in [3.05, 3.63) is 23.5 Å². The molecule has 0 heterocycles. The Kier molecular flexibility index (Phi) is 4.44. The molecule has 0 aliphatic heterocycles. The van der Waals surface area contributed by atoms with Crippen LogP contribution in [0, 0.1) is 5.82 Å². The zero-order chi connectivity index (χ0) is 14.7. The van der Waals surface area contributed by atoms with Crippen LogP contribution in [0.5, 0.6) is 0 Å². The fraction of sp³-hybridized carbons (Fsp3) is 0.500. The highest BCUT2D eigenvalue weighted by Crippen LogP contribution is 2.26. The van der Waals surface area contributed by atoms with Crippen molar-refractivity contribution in [2.75, 3.05) is 30.7 Å². The van der Waals surface area contributed by atoms with E-state index in [9.17, 15) is 9.18 Å². The van der Waals surface area contributed by atoms with Crippen molar-refractivity contribution >= 4 is 17.3 Å².